The summed E-state index contributed by atoms with van der Waals surface area (Å²) < 4.78 is 39.5. The van der Waals surface area contributed by atoms with E-state index in [2.05, 4.69) is 0 Å². The molecule has 0 aromatic heterocycles. The predicted octanol–water partition coefficient (Wildman–Crippen LogP) is 2.43. The first-order valence-electron chi connectivity index (χ1n) is 8.72. The van der Waals surface area contributed by atoms with Crippen LogP contribution in [0.25, 0.3) is 0 Å². The molecule has 1 N–H and O–H groups in total. The second-order valence-electron chi connectivity index (χ2n) is 5.87. The summed E-state index contributed by atoms with van der Waals surface area (Å²) in [6.07, 6.45) is 3.04. The Kier molecular flexibility index (Phi) is 11.7. The van der Waals surface area contributed by atoms with Gasteiger partial charge in [-0.1, -0.05) is 29.8 Å². The van der Waals surface area contributed by atoms with Crippen LogP contribution in [0.4, 0.5) is 0 Å². The highest BCUT2D eigenvalue weighted by molar-refractivity contribution is 7.85. The van der Waals surface area contributed by atoms with Crippen molar-refractivity contribution in [1.29, 1.82) is 0 Å². The summed E-state index contributed by atoms with van der Waals surface area (Å²) >= 11 is 0. The van der Waals surface area contributed by atoms with Gasteiger partial charge in [0.2, 0.25) is 0 Å². The van der Waals surface area contributed by atoms with Crippen molar-refractivity contribution in [2.45, 2.75) is 38.4 Å². The average Bonchev–Trinajstić information content (AvgIpc) is 2.58. The first kappa shape index (κ1) is 22.1. The normalized spacial score (nSPS) is 11.8. The van der Waals surface area contributed by atoms with Crippen LogP contribution in [0.5, 0.6) is 0 Å². The molecule has 0 atom stereocenters. The highest BCUT2D eigenvalue weighted by Gasteiger charge is 2.12. The molecule has 0 radical (unpaired) electrons. The van der Waals surface area contributed by atoms with Crippen molar-refractivity contribution in [3.8, 4) is 0 Å². The van der Waals surface area contributed by atoms with Crippen molar-refractivity contribution in [1.82, 2.24) is 0 Å². The van der Waals surface area contributed by atoms with Gasteiger partial charge < -0.3 is 14.6 Å². The third-order valence-corrected chi connectivity index (χ3v) is 4.69. The van der Waals surface area contributed by atoms with Gasteiger partial charge in [0.15, 0.2) is 0 Å². The van der Waals surface area contributed by atoms with Crippen molar-refractivity contribution >= 4 is 10.1 Å². The topological polar surface area (TPSA) is 82.1 Å². The number of aliphatic hydroxyl groups is 1. The zero-order valence-corrected chi connectivity index (χ0v) is 15.8. The molecular weight excluding hydrogens is 344 g/mol. The van der Waals surface area contributed by atoms with Crippen LogP contribution in [0, 0.1) is 6.92 Å². The average molecular weight is 374 g/mol. The van der Waals surface area contributed by atoms with Crippen LogP contribution in [0.1, 0.15) is 36.8 Å². The Morgan fingerprint density at radius 3 is 2.08 bits per heavy atom. The Morgan fingerprint density at radius 2 is 1.44 bits per heavy atom. The van der Waals surface area contributed by atoms with E-state index in [0.717, 1.165) is 24.0 Å². The summed E-state index contributed by atoms with van der Waals surface area (Å²) in [5, 5.41) is 8.58. The minimum atomic E-state index is -3.53. The summed E-state index contributed by atoms with van der Waals surface area (Å²) in [5.74, 6) is -0.0906. The van der Waals surface area contributed by atoms with Crippen LogP contribution in [0.3, 0.4) is 0 Å². The number of unbranched alkanes of at least 4 members (excludes halogenated alkanes) is 2. The molecule has 0 fully saturated rings. The number of hydrogen-bond acceptors (Lipinski definition) is 6. The molecule has 0 spiro atoms. The van der Waals surface area contributed by atoms with E-state index in [-0.39, 0.29) is 19.0 Å². The fourth-order valence-electron chi connectivity index (χ4n) is 2.09. The molecule has 7 heteroatoms. The van der Waals surface area contributed by atoms with E-state index in [0.29, 0.717) is 39.3 Å². The van der Waals surface area contributed by atoms with Gasteiger partial charge in [0, 0.05) is 19.8 Å². The van der Waals surface area contributed by atoms with Crippen LogP contribution < -0.4 is 0 Å². The lowest BCUT2D eigenvalue weighted by atomic mass is 10.2. The van der Waals surface area contributed by atoms with Gasteiger partial charge in [-0.15, -0.1) is 0 Å². The van der Waals surface area contributed by atoms with Crippen molar-refractivity contribution in [3.05, 3.63) is 35.4 Å². The Bertz CT molecular complexity index is 541. The molecule has 0 saturated heterocycles. The molecule has 0 heterocycles. The first-order valence-corrected chi connectivity index (χ1v) is 10.3. The van der Waals surface area contributed by atoms with Gasteiger partial charge in [-0.05, 0) is 38.2 Å². The number of benzene rings is 1. The number of aryl methyl sites for hydroxylation is 1. The van der Waals surface area contributed by atoms with Crippen LogP contribution in [0.2, 0.25) is 0 Å². The molecular formula is C18H30O6S. The fourth-order valence-corrected chi connectivity index (χ4v) is 3.14. The quantitative estimate of drug-likeness (QED) is 0.375. The molecule has 25 heavy (non-hydrogen) atoms. The Balaban J connectivity index is 1.99. The van der Waals surface area contributed by atoms with Gasteiger partial charge in [-0.25, -0.2) is 0 Å². The van der Waals surface area contributed by atoms with Crippen LogP contribution in [0.15, 0.2) is 24.3 Å². The van der Waals surface area contributed by atoms with Crippen molar-refractivity contribution < 1.29 is 27.2 Å². The lowest BCUT2D eigenvalue weighted by Gasteiger charge is -2.07. The van der Waals surface area contributed by atoms with Gasteiger partial charge >= 0.3 is 0 Å². The van der Waals surface area contributed by atoms with Crippen molar-refractivity contribution in [2.75, 3.05) is 39.6 Å². The predicted molar refractivity (Wildman–Crippen MR) is 96.9 cm³/mol. The van der Waals surface area contributed by atoms with Gasteiger partial charge in [0.05, 0.1) is 19.8 Å². The minimum absolute atomic E-state index is 0.0906. The maximum atomic E-state index is 11.9. The molecule has 0 saturated carbocycles. The number of hydrogen-bond donors (Lipinski definition) is 1. The first-order chi connectivity index (χ1) is 12.0. The summed E-state index contributed by atoms with van der Waals surface area (Å²) in [6, 6.07) is 7.40. The number of ether oxygens (including phenoxy) is 2. The molecule has 0 bridgehead atoms. The van der Waals surface area contributed by atoms with Crippen LogP contribution in [-0.4, -0.2) is 53.2 Å². The molecule has 0 amide bonds. The third kappa shape index (κ3) is 12.1. The Morgan fingerprint density at radius 1 is 0.840 bits per heavy atom. The third-order valence-electron chi connectivity index (χ3n) is 3.48. The highest BCUT2D eigenvalue weighted by Crippen LogP contribution is 2.10. The maximum Gasteiger partial charge on any atom is 0.271 e. The molecule has 0 aliphatic heterocycles. The molecule has 1 rings (SSSR count). The maximum absolute atomic E-state index is 11.9. The van der Waals surface area contributed by atoms with Crippen LogP contribution >= 0.6 is 0 Å². The Labute approximate surface area is 151 Å². The van der Waals surface area contributed by atoms with Crippen molar-refractivity contribution in [2.24, 2.45) is 0 Å². The van der Waals surface area contributed by atoms with Gasteiger partial charge in [0.1, 0.15) is 5.75 Å². The summed E-state index contributed by atoms with van der Waals surface area (Å²) in [7, 11) is -3.53. The van der Waals surface area contributed by atoms with E-state index in [1.165, 1.54) is 0 Å². The van der Waals surface area contributed by atoms with E-state index in [1.54, 1.807) is 12.1 Å². The van der Waals surface area contributed by atoms with E-state index in [9.17, 15) is 8.42 Å². The molecule has 0 aliphatic rings. The smallest absolute Gasteiger partial charge is 0.271 e. The largest absolute Gasteiger partial charge is 0.396 e. The zero-order valence-electron chi connectivity index (χ0n) is 15.0. The van der Waals surface area contributed by atoms with Crippen LogP contribution in [-0.2, 0) is 29.5 Å². The van der Waals surface area contributed by atoms with Crippen molar-refractivity contribution in [3.63, 3.8) is 0 Å². The minimum Gasteiger partial charge on any atom is -0.396 e. The zero-order chi connectivity index (χ0) is 18.4. The van der Waals surface area contributed by atoms with Gasteiger partial charge in [-0.3, -0.25) is 4.18 Å². The molecule has 144 valence electrons. The lowest BCUT2D eigenvalue weighted by Crippen LogP contribution is -2.10. The number of rotatable bonds is 15. The van der Waals surface area contributed by atoms with E-state index in [4.69, 9.17) is 18.8 Å². The molecule has 1 aromatic carbocycles. The molecule has 1 aromatic rings. The summed E-state index contributed by atoms with van der Waals surface area (Å²) in [6.45, 7) is 4.55. The lowest BCUT2D eigenvalue weighted by molar-refractivity contribution is 0.0411. The fraction of sp³-hybridized carbons (Fsp3) is 0.667. The molecule has 6 nitrogen and oxygen atoms in total. The van der Waals surface area contributed by atoms with Gasteiger partial charge in [0.25, 0.3) is 10.1 Å². The van der Waals surface area contributed by atoms with Gasteiger partial charge in [-0.2, -0.15) is 8.42 Å². The second kappa shape index (κ2) is 13.2. The Hall–Kier alpha value is -0.990. The molecule has 0 aliphatic carbocycles. The summed E-state index contributed by atoms with van der Waals surface area (Å²) in [5.41, 5.74) is 1.83. The van der Waals surface area contributed by atoms with E-state index >= 15 is 0 Å². The van der Waals surface area contributed by atoms with E-state index < -0.39 is 10.1 Å². The highest BCUT2D eigenvalue weighted by atomic mass is 32.2. The SMILES string of the molecule is Cc1ccc(CS(=O)(=O)OCCCCCOCCOCCCO)cc1. The second-order valence-corrected chi connectivity index (χ2v) is 7.51. The molecule has 0 unspecified atom stereocenters. The van der Waals surface area contributed by atoms with E-state index in [1.807, 2.05) is 19.1 Å². The monoisotopic (exact) mass is 374 g/mol. The standard InChI is InChI=1S/C18H30O6S/c1-17-6-8-18(9-7-17)16-25(20,21)24-13-4-2-3-11-22-14-15-23-12-5-10-19/h6-9,19H,2-5,10-16H2,1H3. The number of aliphatic hydroxyl groups excluding tert-OH is 1. The summed E-state index contributed by atoms with van der Waals surface area (Å²) in [4.78, 5) is 0.